The van der Waals surface area contributed by atoms with Crippen molar-refractivity contribution in [1.29, 1.82) is 0 Å². The Morgan fingerprint density at radius 2 is 2.21 bits per heavy atom. The van der Waals surface area contributed by atoms with Gasteiger partial charge in [-0.2, -0.15) is 0 Å². The number of halogens is 1. The average Bonchev–Trinajstić information content (AvgIpc) is 3.13. The predicted octanol–water partition coefficient (Wildman–Crippen LogP) is 3.90. The van der Waals surface area contributed by atoms with Gasteiger partial charge in [-0.3, -0.25) is 4.79 Å². The van der Waals surface area contributed by atoms with Crippen LogP contribution in [0.1, 0.15) is 19.4 Å². The lowest BCUT2D eigenvalue weighted by Gasteiger charge is -2.28. The first kappa shape index (κ1) is 15.8. The lowest BCUT2D eigenvalue weighted by Crippen LogP contribution is -2.39. The van der Waals surface area contributed by atoms with Gasteiger partial charge in [-0.15, -0.1) is 0 Å². The summed E-state index contributed by atoms with van der Waals surface area (Å²) in [6, 6.07) is 6.10. The minimum atomic E-state index is 0.149. The number of rotatable bonds is 3. The van der Waals surface area contributed by atoms with Crippen LogP contribution in [-0.4, -0.2) is 35.5 Å². The van der Waals surface area contributed by atoms with E-state index in [0.717, 1.165) is 33.4 Å². The molecule has 2 aliphatic rings. The fourth-order valence-corrected chi connectivity index (χ4v) is 4.65. The third-order valence-corrected chi connectivity index (χ3v) is 6.36. The van der Waals surface area contributed by atoms with E-state index in [1.807, 2.05) is 23.1 Å². The summed E-state index contributed by atoms with van der Waals surface area (Å²) in [6.07, 6.45) is 4.85. The second kappa shape index (κ2) is 5.38. The van der Waals surface area contributed by atoms with Crippen molar-refractivity contribution < 1.29 is 9.53 Å². The van der Waals surface area contributed by atoms with Crippen molar-refractivity contribution in [3.63, 3.8) is 0 Å². The second-order valence-corrected chi connectivity index (χ2v) is 8.10. The van der Waals surface area contributed by atoms with Crippen molar-refractivity contribution in [3.8, 4) is 5.75 Å². The van der Waals surface area contributed by atoms with Crippen LogP contribution in [0.3, 0.4) is 0 Å². The lowest BCUT2D eigenvalue weighted by atomic mass is 9.82. The van der Waals surface area contributed by atoms with Gasteiger partial charge < -0.3 is 14.6 Å². The number of aromatic amines is 1. The number of hydrogen-bond acceptors (Lipinski definition) is 2. The normalized spacial score (nSPS) is 24.1. The molecule has 1 saturated heterocycles. The van der Waals surface area contributed by atoms with E-state index in [1.165, 1.54) is 0 Å². The molecule has 0 radical (unpaired) electrons. The van der Waals surface area contributed by atoms with E-state index in [1.54, 1.807) is 7.11 Å². The molecule has 1 amide bonds. The summed E-state index contributed by atoms with van der Waals surface area (Å²) in [7, 11) is 1.66. The molecule has 4 nitrogen and oxygen atoms in total. The van der Waals surface area contributed by atoms with Crippen molar-refractivity contribution in [2.45, 2.75) is 26.3 Å². The van der Waals surface area contributed by atoms with Crippen LogP contribution >= 0.6 is 15.9 Å². The molecular weight excluding hydrogens is 368 g/mol. The van der Waals surface area contributed by atoms with Crippen LogP contribution in [0, 0.1) is 11.3 Å². The molecule has 2 unspecified atom stereocenters. The highest BCUT2D eigenvalue weighted by atomic mass is 79.9. The first-order valence-electron chi connectivity index (χ1n) is 8.23. The van der Waals surface area contributed by atoms with E-state index in [0.29, 0.717) is 12.3 Å². The molecule has 126 valence electrons. The Labute approximate surface area is 150 Å². The highest BCUT2D eigenvalue weighted by Crippen LogP contribution is 2.47. The van der Waals surface area contributed by atoms with Gasteiger partial charge in [0, 0.05) is 28.9 Å². The second-order valence-electron chi connectivity index (χ2n) is 7.31. The van der Waals surface area contributed by atoms with Crippen molar-refractivity contribution in [1.82, 2.24) is 9.88 Å². The predicted molar refractivity (Wildman–Crippen MR) is 98.2 cm³/mol. The number of likely N-dealkylation sites (tertiary alicyclic amines) is 1. The van der Waals surface area contributed by atoms with Gasteiger partial charge in [0.15, 0.2) is 0 Å². The summed E-state index contributed by atoms with van der Waals surface area (Å²) in [4.78, 5) is 18.3. The number of aromatic nitrogens is 1. The number of ether oxygens (including phenoxy) is 1. The summed E-state index contributed by atoms with van der Waals surface area (Å²) in [5.74, 6) is 1.45. The number of carbonyl (C=O) groups excluding carboxylic acids is 1. The number of amides is 1. The number of fused-ring (bicyclic) bond motifs is 3. The number of carbonyl (C=O) groups is 1. The van der Waals surface area contributed by atoms with Crippen LogP contribution in [0.2, 0.25) is 0 Å². The molecule has 0 spiro atoms. The van der Waals surface area contributed by atoms with Gasteiger partial charge in [-0.05, 0) is 39.5 Å². The SMILES string of the molecule is COc1ccc2[nH]c(Br)c(CC(=O)N3CC4C=CC3C4(C)C)c2c1. The Kier molecular flexibility index (Phi) is 3.53. The Morgan fingerprint density at radius 1 is 1.42 bits per heavy atom. The van der Waals surface area contributed by atoms with E-state index in [2.05, 4.69) is 46.9 Å². The quantitative estimate of drug-likeness (QED) is 0.810. The Hall–Kier alpha value is -1.75. The third-order valence-electron chi connectivity index (χ3n) is 5.68. The van der Waals surface area contributed by atoms with E-state index >= 15 is 0 Å². The summed E-state index contributed by atoms with van der Waals surface area (Å²) >= 11 is 3.58. The molecule has 4 rings (SSSR count). The molecule has 2 bridgehead atoms. The number of nitrogens with zero attached hydrogens (tertiary/aromatic N) is 1. The van der Waals surface area contributed by atoms with E-state index in [-0.39, 0.29) is 17.4 Å². The van der Waals surface area contributed by atoms with Crippen molar-refractivity contribution in [2.24, 2.45) is 11.3 Å². The third kappa shape index (κ3) is 2.21. The van der Waals surface area contributed by atoms with Gasteiger partial charge in [0.25, 0.3) is 0 Å². The maximum absolute atomic E-state index is 13.0. The molecular formula is C19H21BrN2O2. The minimum absolute atomic E-state index is 0.149. The highest BCUT2D eigenvalue weighted by Gasteiger charge is 2.50. The van der Waals surface area contributed by atoms with Crippen LogP contribution in [0.15, 0.2) is 35.0 Å². The van der Waals surface area contributed by atoms with E-state index < -0.39 is 0 Å². The standard InChI is InChI=1S/C19H21BrN2O2/c1-19(2)11-4-7-16(19)22(10-11)17(23)9-14-13-8-12(24-3)5-6-15(13)21-18(14)20/h4-8,11,16,21H,9-10H2,1-3H3. The fraction of sp³-hybridized carbons (Fsp3) is 0.421. The van der Waals surface area contributed by atoms with E-state index in [4.69, 9.17) is 4.74 Å². The highest BCUT2D eigenvalue weighted by molar-refractivity contribution is 9.10. The van der Waals surface area contributed by atoms with Crippen molar-refractivity contribution in [3.05, 3.63) is 40.5 Å². The molecule has 2 atom stereocenters. The van der Waals surface area contributed by atoms with Gasteiger partial charge in [0.05, 0.1) is 24.2 Å². The van der Waals surface area contributed by atoms with Gasteiger partial charge in [0.1, 0.15) is 5.75 Å². The maximum atomic E-state index is 13.0. The van der Waals surface area contributed by atoms with Crippen LogP contribution < -0.4 is 4.74 Å². The van der Waals surface area contributed by atoms with Crippen molar-refractivity contribution >= 4 is 32.7 Å². The van der Waals surface area contributed by atoms with Gasteiger partial charge in [-0.1, -0.05) is 26.0 Å². The number of nitrogens with one attached hydrogen (secondary N) is 1. The lowest BCUT2D eigenvalue weighted by molar-refractivity contribution is -0.131. The first-order chi connectivity index (χ1) is 11.4. The molecule has 1 aliphatic heterocycles. The summed E-state index contributed by atoms with van der Waals surface area (Å²) in [5, 5.41) is 1.04. The Bertz CT molecular complexity index is 852. The number of H-pyrrole nitrogens is 1. The molecule has 1 N–H and O–H groups in total. The van der Waals surface area contributed by atoms with Crippen LogP contribution in [0.5, 0.6) is 5.75 Å². The summed E-state index contributed by atoms with van der Waals surface area (Å²) < 4.78 is 6.20. The van der Waals surface area contributed by atoms with Crippen molar-refractivity contribution in [2.75, 3.05) is 13.7 Å². The number of methoxy groups -OCH3 is 1. The molecule has 2 heterocycles. The monoisotopic (exact) mass is 388 g/mol. The zero-order valence-corrected chi connectivity index (χ0v) is 15.7. The zero-order chi connectivity index (χ0) is 17.1. The molecule has 24 heavy (non-hydrogen) atoms. The first-order valence-corrected chi connectivity index (χ1v) is 9.03. The number of hydrogen-bond donors (Lipinski definition) is 1. The molecule has 1 aliphatic carbocycles. The molecule has 1 aromatic carbocycles. The largest absolute Gasteiger partial charge is 0.497 e. The molecule has 5 heteroatoms. The van der Waals surface area contributed by atoms with Crippen LogP contribution in [0.25, 0.3) is 10.9 Å². The molecule has 1 aromatic heterocycles. The van der Waals surface area contributed by atoms with Gasteiger partial charge in [0.2, 0.25) is 5.91 Å². The molecule has 2 aromatic rings. The smallest absolute Gasteiger partial charge is 0.227 e. The maximum Gasteiger partial charge on any atom is 0.227 e. The van der Waals surface area contributed by atoms with Gasteiger partial charge >= 0.3 is 0 Å². The number of benzene rings is 1. The van der Waals surface area contributed by atoms with Crippen LogP contribution in [0.4, 0.5) is 0 Å². The molecule has 0 saturated carbocycles. The topological polar surface area (TPSA) is 45.3 Å². The fourth-order valence-electron chi connectivity index (χ4n) is 4.09. The average molecular weight is 389 g/mol. The van der Waals surface area contributed by atoms with Crippen LogP contribution in [-0.2, 0) is 11.2 Å². The zero-order valence-electron chi connectivity index (χ0n) is 14.1. The Morgan fingerprint density at radius 3 is 2.83 bits per heavy atom. The summed E-state index contributed by atoms with van der Waals surface area (Å²) in [6.45, 7) is 5.33. The summed E-state index contributed by atoms with van der Waals surface area (Å²) in [5.41, 5.74) is 2.16. The molecule has 1 fully saturated rings. The minimum Gasteiger partial charge on any atom is -0.497 e. The van der Waals surface area contributed by atoms with E-state index in [9.17, 15) is 4.79 Å². The van der Waals surface area contributed by atoms with Gasteiger partial charge in [-0.25, -0.2) is 0 Å². The Balaban J connectivity index is 1.64.